The predicted molar refractivity (Wildman–Crippen MR) is 145 cm³/mol. The number of rotatable bonds is 15. The second-order valence-corrected chi connectivity index (χ2v) is 9.82. The summed E-state index contributed by atoms with van der Waals surface area (Å²) in [5.41, 5.74) is 5.37. The molecule has 0 aliphatic carbocycles. The Kier molecular flexibility index (Phi) is 10.6. The molecule has 3 aromatic rings. The van der Waals surface area contributed by atoms with Crippen LogP contribution in [0.3, 0.4) is 0 Å². The van der Waals surface area contributed by atoms with Crippen LogP contribution in [0.15, 0.2) is 84.9 Å². The molecule has 176 valence electrons. The van der Waals surface area contributed by atoms with E-state index in [2.05, 4.69) is 104 Å². The highest BCUT2D eigenvalue weighted by atomic mass is 15.0. The van der Waals surface area contributed by atoms with Gasteiger partial charge in [0.25, 0.3) is 0 Å². The lowest BCUT2D eigenvalue weighted by Gasteiger charge is -2.37. The Bertz CT molecular complexity index is 841. The standard InChI is InChI=1S/C32H43N/c1-3-4-5-6-7-8-9-16-25-32(26-29-17-12-10-13-18-29,33-31-19-14-11-15-20-31)27-30-23-21-28(2)22-24-30/h10-15,17-24,33H,3-9,16,25-27H2,1-2H3. The molecular formula is C32H43N. The zero-order valence-corrected chi connectivity index (χ0v) is 20.9. The number of nitrogens with one attached hydrogen (secondary N) is 1. The van der Waals surface area contributed by atoms with E-state index >= 15 is 0 Å². The first-order chi connectivity index (χ1) is 16.2. The van der Waals surface area contributed by atoms with Crippen LogP contribution in [0.1, 0.15) is 81.4 Å². The second-order valence-electron chi connectivity index (χ2n) is 9.82. The van der Waals surface area contributed by atoms with Gasteiger partial charge < -0.3 is 5.32 Å². The maximum atomic E-state index is 4.02. The van der Waals surface area contributed by atoms with Crippen LogP contribution in [0.5, 0.6) is 0 Å². The first-order valence-electron chi connectivity index (χ1n) is 13.1. The van der Waals surface area contributed by atoms with Gasteiger partial charge in [-0.15, -0.1) is 0 Å². The third-order valence-electron chi connectivity index (χ3n) is 6.74. The summed E-state index contributed by atoms with van der Waals surface area (Å²) in [5, 5.41) is 4.02. The fourth-order valence-electron chi connectivity index (χ4n) is 4.90. The fourth-order valence-corrected chi connectivity index (χ4v) is 4.90. The zero-order valence-electron chi connectivity index (χ0n) is 20.9. The van der Waals surface area contributed by atoms with Crippen molar-refractivity contribution in [2.75, 3.05) is 5.32 Å². The number of aryl methyl sites for hydroxylation is 1. The van der Waals surface area contributed by atoms with Crippen LogP contribution < -0.4 is 5.32 Å². The number of benzene rings is 3. The topological polar surface area (TPSA) is 12.0 Å². The Balaban J connectivity index is 1.76. The highest BCUT2D eigenvalue weighted by Gasteiger charge is 2.30. The summed E-state index contributed by atoms with van der Waals surface area (Å²) in [6.45, 7) is 4.46. The minimum atomic E-state index is 0.000174. The molecule has 0 aliphatic heterocycles. The Hall–Kier alpha value is -2.54. The molecule has 33 heavy (non-hydrogen) atoms. The third-order valence-corrected chi connectivity index (χ3v) is 6.74. The van der Waals surface area contributed by atoms with Gasteiger partial charge in [-0.05, 0) is 49.4 Å². The molecule has 0 saturated carbocycles. The molecule has 1 N–H and O–H groups in total. The molecule has 1 unspecified atom stereocenters. The maximum Gasteiger partial charge on any atom is 0.0454 e. The molecular weight excluding hydrogens is 398 g/mol. The van der Waals surface area contributed by atoms with Gasteiger partial charge in [0, 0.05) is 11.2 Å². The molecule has 3 aromatic carbocycles. The van der Waals surface area contributed by atoms with Crippen molar-refractivity contribution in [1.29, 1.82) is 0 Å². The van der Waals surface area contributed by atoms with E-state index in [4.69, 9.17) is 0 Å². The molecule has 1 atom stereocenters. The first kappa shape index (κ1) is 25.1. The average molecular weight is 442 g/mol. The monoisotopic (exact) mass is 441 g/mol. The summed E-state index contributed by atoms with van der Waals surface area (Å²) >= 11 is 0. The Labute approximate surface area is 202 Å². The molecule has 0 saturated heterocycles. The largest absolute Gasteiger partial charge is 0.379 e. The summed E-state index contributed by atoms with van der Waals surface area (Å²) in [5.74, 6) is 0. The second kappa shape index (κ2) is 13.9. The van der Waals surface area contributed by atoms with Crippen LogP contribution in [0.4, 0.5) is 5.69 Å². The van der Waals surface area contributed by atoms with Gasteiger partial charge >= 0.3 is 0 Å². The summed E-state index contributed by atoms with van der Waals surface area (Å²) in [6, 6.07) is 31.0. The van der Waals surface area contributed by atoms with Crippen molar-refractivity contribution in [3.63, 3.8) is 0 Å². The highest BCUT2D eigenvalue weighted by Crippen LogP contribution is 2.30. The predicted octanol–water partition coefficient (Wildman–Crippen LogP) is 9.16. The average Bonchev–Trinajstić information content (AvgIpc) is 2.84. The van der Waals surface area contributed by atoms with Crippen molar-refractivity contribution in [2.45, 2.75) is 90.0 Å². The van der Waals surface area contributed by atoms with E-state index in [1.54, 1.807) is 0 Å². The van der Waals surface area contributed by atoms with Crippen molar-refractivity contribution < 1.29 is 0 Å². The lowest BCUT2D eigenvalue weighted by atomic mass is 9.80. The minimum Gasteiger partial charge on any atom is -0.379 e. The normalized spacial score (nSPS) is 12.9. The van der Waals surface area contributed by atoms with Gasteiger partial charge in [0.15, 0.2) is 0 Å². The molecule has 0 bridgehead atoms. The lowest BCUT2D eigenvalue weighted by molar-refractivity contribution is 0.400. The van der Waals surface area contributed by atoms with Crippen molar-refractivity contribution >= 4 is 5.69 Å². The molecule has 0 amide bonds. The van der Waals surface area contributed by atoms with Crippen LogP contribution in [-0.2, 0) is 12.8 Å². The quantitative estimate of drug-likeness (QED) is 0.232. The van der Waals surface area contributed by atoms with E-state index < -0.39 is 0 Å². The fraction of sp³-hybridized carbons (Fsp3) is 0.438. The van der Waals surface area contributed by atoms with Crippen LogP contribution in [0.25, 0.3) is 0 Å². The smallest absolute Gasteiger partial charge is 0.0454 e. The summed E-state index contributed by atoms with van der Waals surface area (Å²) in [4.78, 5) is 0. The first-order valence-corrected chi connectivity index (χ1v) is 13.1. The van der Waals surface area contributed by atoms with Gasteiger partial charge in [0.05, 0.1) is 0 Å². The van der Waals surface area contributed by atoms with Crippen molar-refractivity contribution in [3.8, 4) is 0 Å². The number of para-hydroxylation sites is 1. The molecule has 1 nitrogen and oxygen atoms in total. The van der Waals surface area contributed by atoms with E-state index in [1.807, 2.05) is 0 Å². The Morgan fingerprint density at radius 2 is 1.09 bits per heavy atom. The maximum absolute atomic E-state index is 4.02. The van der Waals surface area contributed by atoms with Gasteiger partial charge in [0.2, 0.25) is 0 Å². The highest BCUT2D eigenvalue weighted by molar-refractivity contribution is 5.46. The van der Waals surface area contributed by atoms with E-state index in [9.17, 15) is 0 Å². The number of hydrogen-bond donors (Lipinski definition) is 1. The van der Waals surface area contributed by atoms with E-state index in [0.29, 0.717) is 0 Å². The molecule has 0 aromatic heterocycles. The van der Waals surface area contributed by atoms with Gasteiger partial charge in [-0.3, -0.25) is 0 Å². The number of anilines is 1. The molecule has 0 heterocycles. The van der Waals surface area contributed by atoms with Gasteiger partial charge in [0.1, 0.15) is 0 Å². The number of hydrogen-bond acceptors (Lipinski definition) is 1. The Morgan fingerprint density at radius 1 is 0.576 bits per heavy atom. The van der Waals surface area contributed by atoms with Crippen molar-refractivity contribution in [1.82, 2.24) is 0 Å². The van der Waals surface area contributed by atoms with Crippen molar-refractivity contribution in [3.05, 3.63) is 102 Å². The molecule has 0 radical (unpaired) electrons. The van der Waals surface area contributed by atoms with Crippen molar-refractivity contribution in [2.24, 2.45) is 0 Å². The van der Waals surface area contributed by atoms with E-state index in [0.717, 1.165) is 12.8 Å². The molecule has 0 aliphatic rings. The van der Waals surface area contributed by atoms with Crippen LogP contribution in [-0.4, -0.2) is 5.54 Å². The van der Waals surface area contributed by atoms with Crippen LogP contribution >= 0.6 is 0 Å². The summed E-state index contributed by atoms with van der Waals surface area (Å²) in [7, 11) is 0. The van der Waals surface area contributed by atoms with Gasteiger partial charge in [-0.2, -0.15) is 0 Å². The Morgan fingerprint density at radius 3 is 1.70 bits per heavy atom. The summed E-state index contributed by atoms with van der Waals surface area (Å²) in [6.07, 6.45) is 14.1. The molecule has 0 spiro atoms. The van der Waals surface area contributed by atoms with E-state index in [-0.39, 0.29) is 5.54 Å². The van der Waals surface area contributed by atoms with Gasteiger partial charge in [-0.1, -0.05) is 137 Å². The number of unbranched alkanes of at least 4 members (excludes halogenated alkanes) is 7. The molecule has 3 rings (SSSR count). The third kappa shape index (κ3) is 9.08. The van der Waals surface area contributed by atoms with Crippen LogP contribution in [0, 0.1) is 6.92 Å². The lowest BCUT2D eigenvalue weighted by Crippen LogP contribution is -2.43. The summed E-state index contributed by atoms with van der Waals surface area (Å²) < 4.78 is 0. The SMILES string of the molecule is CCCCCCCCCCC(Cc1ccccc1)(Cc1ccc(C)cc1)Nc1ccccc1. The molecule has 0 fully saturated rings. The van der Waals surface area contributed by atoms with Gasteiger partial charge in [-0.25, -0.2) is 0 Å². The molecule has 1 heteroatoms. The van der Waals surface area contributed by atoms with E-state index in [1.165, 1.54) is 80.2 Å². The zero-order chi connectivity index (χ0) is 23.2. The van der Waals surface area contributed by atoms with Crippen LogP contribution in [0.2, 0.25) is 0 Å². The minimum absolute atomic E-state index is 0.000174.